The van der Waals surface area contributed by atoms with Crippen LogP contribution in [-0.4, -0.2) is 16.1 Å². The summed E-state index contributed by atoms with van der Waals surface area (Å²) in [5, 5.41) is 0. The van der Waals surface area contributed by atoms with Crippen LogP contribution in [-0.2, 0) is 4.43 Å². The number of hydrogen-bond acceptors (Lipinski definition) is 1. The second-order valence-electron chi connectivity index (χ2n) is 2.20. The summed E-state index contributed by atoms with van der Waals surface area (Å²) < 4.78 is 37.5. The molecule has 1 rings (SSSR count). The molecule has 1 nitrogen and oxygen atoms in total. The Morgan fingerprint density at radius 3 is 2.22 bits per heavy atom. The zero-order valence-corrected chi connectivity index (χ0v) is 6.16. The molecule has 1 saturated carbocycles. The zero-order valence-electron chi connectivity index (χ0n) is 4.74. The Morgan fingerprint density at radius 1 is 1.33 bits per heavy atom. The van der Waals surface area contributed by atoms with Crippen molar-refractivity contribution in [2.45, 2.75) is 24.7 Å². The standard InChI is InChI=1S/C4H7F3OSi/c5-4(6,7)8-9-3-1-2-3/h3H,1-2,9H2. The van der Waals surface area contributed by atoms with E-state index in [1.165, 1.54) is 0 Å². The van der Waals surface area contributed by atoms with Crippen LogP contribution in [0, 0.1) is 0 Å². The minimum Gasteiger partial charge on any atom is -0.341 e. The van der Waals surface area contributed by atoms with E-state index in [4.69, 9.17) is 0 Å². The van der Waals surface area contributed by atoms with Crippen LogP contribution in [0.1, 0.15) is 12.8 Å². The van der Waals surface area contributed by atoms with Crippen LogP contribution in [0.25, 0.3) is 0 Å². The second-order valence-corrected chi connectivity index (χ2v) is 3.98. The summed E-state index contributed by atoms with van der Waals surface area (Å²) in [6.45, 7) is 0. The highest BCUT2D eigenvalue weighted by atomic mass is 28.2. The number of halogens is 3. The van der Waals surface area contributed by atoms with Gasteiger partial charge in [0.25, 0.3) is 0 Å². The van der Waals surface area contributed by atoms with Gasteiger partial charge in [0.15, 0.2) is 9.76 Å². The third-order valence-corrected chi connectivity index (χ3v) is 2.96. The lowest BCUT2D eigenvalue weighted by atomic mass is 11.0. The second kappa shape index (κ2) is 2.30. The van der Waals surface area contributed by atoms with Gasteiger partial charge in [-0.05, 0) is 5.54 Å². The zero-order chi connectivity index (χ0) is 6.91. The van der Waals surface area contributed by atoms with Gasteiger partial charge in [-0.1, -0.05) is 12.8 Å². The van der Waals surface area contributed by atoms with Crippen molar-refractivity contribution < 1.29 is 17.6 Å². The molecule has 0 amide bonds. The number of alkyl halides is 3. The van der Waals surface area contributed by atoms with E-state index >= 15 is 0 Å². The van der Waals surface area contributed by atoms with Gasteiger partial charge < -0.3 is 4.43 Å². The minimum atomic E-state index is -4.37. The largest absolute Gasteiger partial charge is 0.512 e. The summed E-state index contributed by atoms with van der Waals surface area (Å²) in [6, 6.07) is 0. The molecule has 1 aliphatic carbocycles. The SMILES string of the molecule is FC(F)(F)O[SiH2]C1CC1. The molecule has 0 N–H and O–H groups in total. The Hall–Kier alpha value is -0.0331. The van der Waals surface area contributed by atoms with Crippen molar-refractivity contribution in [3.05, 3.63) is 0 Å². The van der Waals surface area contributed by atoms with Crippen LogP contribution < -0.4 is 0 Å². The molecule has 0 atom stereocenters. The Morgan fingerprint density at radius 2 is 1.89 bits per heavy atom. The quantitative estimate of drug-likeness (QED) is 0.546. The van der Waals surface area contributed by atoms with Gasteiger partial charge in [0.2, 0.25) is 0 Å². The fourth-order valence-corrected chi connectivity index (χ4v) is 1.49. The van der Waals surface area contributed by atoms with E-state index in [9.17, 15) is 13.2 Å². The highest BCUT2D eigenvalue weighted by Crippen LogP contribution is 2.36. The molecule has 0 aliphatic heterocycles. The van der Waals surface area contributed by atoms with Crippen molar-refractivity contribution in [3.8, 4) is 0 Å². The van der Waals surface area contributed by atoms with Crippen LogP contribution in [0.3, 0.4) is 0 Å². The molecule has 0 saturated heterocycles. The summed E-state index contributed by atoms with van der Waals surface area (Å²) in [7, 11) is -1.27. The first-order valence-corrected chi connectivity index (χ1v) is 4.18. The van der Waals surface area contributed by atoms with E-state index in [0.29, 0.717) is 5.54 Å². The van der Waals surface area contributed by atoms with Gasteiger partial charge in [-0.25, -0.2) is 0 Å². The molecule has 0 heterocycles. The average molecular weight is 156 g/mol. The first kappa shape index (κ1) is 7.08. The highest BCUT2D eigenvalue weighted by molar-refractivity contribution is 6.30. The van der Waals surface area contributed by atoms with Crippen LogP contribution in [0.2, 0.25) is 5.54 Å². The van der Waals surface area contributed by atoms with Crippen LogP contribution in [0.15, 0.2) is 0 Å². The van der Waals surface area contributed by atoms with Crippen molar-refractivity contribution >= 4 is 9.76 Å². The minimum absolute atomic E-state index is 0.312. The number of hydrogen-bond donors (Lipinski definition) is 0. The van der Waals surface area contributed by atoms with E-state index < -0.39 is 16.1 Å². The lowest BCUT2D eigenvalue weighted by Crippen LogP contribution is -2.16. The molecular formula is C4H7F3OSi. The topological polar surface area (TPSA) is 9.23 Å². The molecule has 9 heavy (non-hydrogen) atoms. The van der Waals surface area contributed by atoms with Gasteiger partial charge in [-0.2, -0.15) is 0 Å². The lowest BCUT2D eigenvalue weighted by Gasteiger charge is -2.04. The first-order chi connectivity index (χ1) is 4.08. The van der Waals surface area contributed by atoms with E-state index in [2.05, 4.69) is 4.43 Å². The molecule has 0 unspecified atom stereocenters. The van der Waals surface area contributed by atoms with E-state index in [-0.39, 0.29) is 0 Å². The van der Waals surface area contributed by atoms with E-state index in [1.807, 2.05) is 0 Å². The maximum absolute atomic E-state index is 11.3. The Labute approximate surface area is 53.1 Å². The average Bonchev–Trinajstić information content (AvgIpc) is 2.38. The Kier molecular flexibility index (Phi) is 1.81. The van der Waals surface area contributed by atoms with Crippen molar-refractivity contribution in [2.24, 2.45) is 0 Å². The fourth-order valence-electron chi connectivity index (χ4n) is 0.497. The van der Waals surface area contributed by atoms with Crippen molar-refractivity contribution in [3.63, 3.8) is 0 Å². The molecule has 0 spiro atoms. The first-order valence-electron chi connectivity index (χ1n) is 2.78. The molecule has 54 valence electrons. The summed E-state index contributed by atoms with van der Waals surface area (Å²) in [5.41, 5.74) is 0.312. The summed E-state index contributed by atoms with van der Waals surface area (Å²) >= 11 is 0. The van der Waals surface area contributed by atoms with Crippen molar-refractivity contribution in [2.75, 3.05) is 0 Å². The van der Waals surface area contributed by atoms with Crippen molar-refractivity contribution in [1.29, 1.82) is 0 Å². The van der Waals surface area contributed by atoms with Gasteiger partial charge in [0.1, 0.15) is 0 Å². The molecule has 1 aliphatic rings. The van der Waals surface area contributed by atoms with E-state index in [1.54, 1.807) is 0 Å². The lowest BCUT2D eigenvalue weighted by molar-refractivity contribution is -0.276. The summed E-state index contributed by atoms with van der Waals surface area (Å²) in [5.74, 6) is 0. The van der Waals surface area contributed by atoms with Gasteiger partial charge in [0.05, 0.1) is 0 Å². The van der Waals surface area contributed by atoms with Gasteiger partial charge in [0, 0.05) is 0 Å². The molecule has 0 aromatic rings. The molecular weight excluding hydrogens is 149 g/mol. The summed E-state index contributed by atoms with van der Waals surface area (Å²) in [4.78, 5) is 0. The maximum atomic E-state index is 11.3. The normalized spacial score (nSPS) is 21.7. The number of rotatable bonds is 2. The van der Waals surface area contributed by atoms with Gasteiger partial charge >= 0.3 is 6.36 Å². The fraction of sp³-hybridized carbons (Fsp3) is 1.00. The van der Waals surface area contributed by atoms with Crippen LogP contribution in [0.5, 0.6) is 0 Å². The Balaban J connectivity index is 2.03. The predicted molar refractivity (Wildman–Crippen MR) is 28.7 cm³/mol. The predicted octanol–water partition coefficient (Wildman–Crippen LogP) is 1.19. The van der Waals surface area contributed by atoms with Gasteiger partial charge in [-0.3, -0.25) is 0 Å². The van der Waals surface area contributed by atoms with Crippen LogP contribution >= 0.6 is 0 Å². The third-order valence-electron chi connectivity index (χ3n) is 1.18. The monoisotopic (exact) mass is 156 g/mol. The smallest absolute Gasteiger partial charge is 0.341 e. The third kappa shape index (κ3) is 3.53. The molecule has 5 heteroatoms. The molecule has 1 fully saturated rings. The van der Waals surface area contributed by atoms with Crippen molar-refractivity contribution in [1.82, 2.24) is 0 Å². The molecule has 0 radical (unpaired) electrons. The highest BCUT2D eigenvalue weighted by Gasteiger charge is 2.33. The molecule has 0 aromatic heterocycles. The van der Waals surface area contributed by atoms with E-state index in [0.717, 1.165) is 12.8 Å². The maximum Gasteiger partial charge on any atom is 0.512 e. The van der Waals surface area contributed by atoms with Crippen LogP contribution in [0.4, 0.5) is 13.2 Å². The Bertz CT molecular complexity index is 98.5. The van der Waals surface area contributed by atoms with Gasteiger partial charge in [-0.15, -0.1) is 13.2 Å². The summed E-state index contributed by atoms with van der Waals surface area (Å²) in [6.07, 6.45) is -2.47. The molecule has 0 aromatic carbocycles. The molecule has 0 bridgehead atoms.